The topological polar surface area (TPSA) is 77.8 Å². The van der Waals surface area contributed by atoms with E-state index in [1.165, 1.54) is 7.11 Å². The van der Waals surface area contributed by atoms with Crippen LogP contribution in [0.4, 0.5) is 4.79 Å². The Morgan fingerprint density at radius 3 is 2.34 bits per heavy atom. The van der Waals surface area contributed by atoms with Crippen LogP contribution >= 0.6 is 0 Å². The van der Waals surface area contributed by atoms with Gasteiger partial charge < -0.3 is 19.2 Å². The van der Waals surface area contributed by atoms with Gasteiger partial charge in [-0.1, -0.05) is 66.7 Å². The highest BCUT2D eigenvalue weighted by molar-refractivity contribution is 5.84. The number of methoxy groups -OCH3 is 1. The number of hydrogen-bond donors (Lipinski definition) is 1. The lowest BCUT2D eigenvalue weighted by Crippen LogP contribution is -2.43. The van der Waals surface area contributed by atoms with Gasteiger partial charge in [-0.3, -0.25) is 0 Å². The fourth-order valence-electron chi connectivity index (χ4n) is 3.49. The van der Waals surface area contributed by atoms with E-state index in [4.69, 9.17) is 13.9 Å². The molecule has 4 rings (SSSR count). The maximum Gasteiger partial charge on any atom is 0.408 e. The predicted molar refractivity (Wildman–Crippen MR) is 121 cm³/mol. The number of ether oxygens (including phenoxy) is 2. The molecule has 1 amide bonds. The minimum absolute atomic E-state index is 0.0551. The molecule has 6 heteroatoms. The molecule has 6 nitrogen and oxygen atoms in total. The van der Waals surface area contributed by atoms with Gasteiger partial charge in [0.05, 0.1) is 7.11 Å². The normalized spacial score (nSPS) is 11.7. The minimum Gasteiger partial charge on any atom is -0.467 e. The Hall–Kier alpha value is -4.06. The molecule has 32 heavy (non-hydrogen) atoms. The molecule has 0 bridgehead atoms. The summed E-state index contributed by atoms with van der Waals surface area (Å²) in [6, 6.07) is 26.3. The highest BCUT2D eigenvalue weighted by Crippen LogP contribution is 2.27. The molecule has 0 aliphatic rings. The molecule has 0 fully saturated rings. The summed E-state index contributed by atoms with van der Waals surface area (Å²) in [5, 5.41) is 3.49. The van der Waals surface area contributed by atoms with E-state index in [1.54, 1.807) is 0 Å². The first-order valence-corrected chi connectivity index (χ1v) is 10.3. The fourth-order valence-corrected chi connectivity index (χ4v) is 3.49. The molecule has 0 aliphatic carbocycles. The van der Waals surface area contributed by atoms with E-state index in [9.17, 15) is 9.59 Å². The molecular formula is C26H23NO5. The van der Waals surface area contributed by atoms with Gasteiger partial charge in [0, 0.05) is 11.8 Å². The van der Waals surface area contributed by atoms with Crippen LogP contribution < -0.4 is 5.32 Å². The van der Waals surface area contributed by atoms with Crippen LogP contribution in [-0.2, 0) is 27.3 Å². The van der Waals surface area contributed by atoms with Crippen molar-refractivity contribution in [1.82, 2.24) is 5.32 Å². The van der Waals surface area contributed by atoms with Crippen LogP contribution in [0.15, 0.2) is 89.3 Å². The summed E-state index contributed by atoms with van der Waals surface area (Å²) in [7, 11) is 1.28. The molecule has 0 radical (unpaired) electrons. The first-order valence-electron chi connectivity index (χ1n) is 10.3. The van der Waals surface area contributed by atoms with Gasteiger partial charge in [0.2, 0.25) is 0 Å². The zero-order chi connectivity index (χ0) is 22.3. The van der Waals surface area contributed by atoms with Crippen molar-refractivity contribution in [2.75, 3.05) is 7.11 Å². The second-order valence-electron chi connectivity index (χ2n) is 7.32. The quantitative estimate of drug-likeness (QED) is 0.413. The first-order chi connectivity index (χ1) is 15.6. The van der Waals surface area contributed by atoms with Gasteiger partial charge in [-0.2, -0.15) is 0 Å². The van der Waals surface area contributed by atoms with E-state index >= 15 is 0 Å². The van der Waals surface area contributed by atoms with Gasteiger partial charge in [0.25, 0.3) is 0 Å². The van der Waals surface area contributed by atoms with Crippen LogP contribution in [0, 0.1) is 0 Å². The molecule has 0 spiro atoms. The number of fused-ring (bicyclic) bond motifs is 1. The third-order valence-corrected chi connectivity index (χ3v) is 5.08. The highest BCUT2D eigenvalue weighted by Gasteiger charge is 2.23. The van der Waals surface area contributed by atoms with Crippen LogP contribution in [0.3, 0.4) is 0 Å². The lowest BCUT2D eigenvalue weighted by Gasteiger charge is -2.16. The zero-order valence-electron chi connectivity index (χ0n) is 17.6. The third-order valence-electron chi connectivity index (χ3n) is 5.08. The molecule has 0 saturated carbocycles. The predicted octanol–water partition coefficient (Wildman–Crippen LogP) is 5.11. The van der Waals surface area contributed by atoms with Crippen LogP contribution in [0.25, 0.3) is 22.1 Å². The first kappa shape index (κ1) is 21.2. The Kier molecular flexibility index (Phi) is 6.51. The molecule has 1 N–H and O–H groups in total. The number of nitrogens with one attached hydrogen (secondary N) is 1. The number of benzene rings is 3. The SMILES string of the molecule is COC(=O)[C@@H](Cc1ccccc1)NC(=O)OCc1cc2cc(-c3ccccc3)ccc2o1. The standard InChI is InChI=1S/C26H23NO5/c1-30-25(28)23(14-18-8-4-2-5-9-18)27-26(29)31-17-22-16-21-15-20(12-13-24(21)32-22)19-10-6-3-7-11-19/h2-13,15-16,23H,14,17H2,1H3,(H,27,29)/t23-/m1/s1. The van der Waals surface area contributed by atoms with E-state index in [-0.39, 0.29) is 6.61 Å². The van der Waals surface area contributed by atoms with Crippen LogP contribution in [0.5, 0.6) is 0 Å². The second-order valence-corrected chi connectivity index (χ2v) is 7.32. The maximum absolute atomic E-state index is 12.3. The van der Waals surface area contributed by atoms with Gasteiger partial charge in [-0.15, -0.1) is 0 Å². The largest absolute Gasteiger partial charge is 0.467 e. The van der Waals surface area contributed by atoms with Crippen LogP contribution in [0.1, 0.15) is 11.3 Å². The van der Waals surface area contributed by atoms with Crippen LogP contribution in [0.2, 0.25) is 0 Å². The Morgan fingerprint density at radius 1 is 0.906 bits per heavy atom. The summed E-state index contributed by atoms with van der Waals surface area (Å²) in [6.45, 7) is -0.0551. The monoisotopic (exact) mass is 429 g/mol. The fraction of sp³-hybridized carbons (Fsp3) is 0.154. The number of amides is 1. The van der Waals surface area contributed by atoms with Crippen molar-refractivity contribution in [1.29, 1.82) is 0 Å². The molecule has 1 heterocycles. The molecule has 162 valence electrons. The van der Waals surface area contributed by atoms with Crippen molar-refractivity contribution in [3.05, 3.63) is 96.3 Å². The number of rotatable bonds is 7. The Bertz CT molecular complexity index is 1200. The van der Waals surface area contributed by atoms with Crippen molar-refractivity contribution in [3.63, 3.8) is 0 Å². The van der Waals surface area contributed by atoms with E-state index in [0.717, 1.165) is 22.1 Å². The second kappa shape index (κ2) is 9.83. The van der Waals surface area contributed by atoms with Crippen molar-refractivity contribution in [3.8, 4) is 11.1 Å². The van der Waals surface area contributed by atoms with Crippen molar-refractivity contribution < 1.29 is 23.5 Å². The molecule has 0 unspecified atom stereocenters. The van der Waals surface area contributed by atoms with Crippen molar-refractivity contribution >= 4 is 23.0 Å². The summed E-state index contributed by atoms with van der Waals surface area (Å²) in [4.78, 5) is 24.4. The molecule has 3 aromatic carbocycles. The van der Waals surface area contributed by atoms with Crippen molar-refractivity contribution in [2.24, 2.45) is 0 Å². The van der Waals surface area contributed by atoms with Crippen LogP contribution in [-0.4, -0.2) is 25.2 Å². The summed E-state index contributed by atoms with van der Waals surface area (Å²) in [6.07, 6.45) is -0.419. The molecule has 0 saturated heterocycles. The maximum atomic E-state index is 12.3. The smallest absolute Gasteiger partial charge is 0.408 e. The number of carbonyl (C=O) groups is 2. The summed E-state index contributed by atoms with van der Waals surface area (Å²) < 4.78 is 15.9. The summed E-state index contributed by atoms with van der Waals surface area (Å²) in [5.74, 6) is -0.0268. The van der Waals surface area contributed by atoms with E-state index in [1.807, 2.05) is 84.9 Å². The lowest BCUT2D eigenvalue weighted by molar-refractivity contribution is -0.143. The van der Waals surface area contributed by atoms with Gasteiger partial charge in [-0.05, 0) is 34.9 Å². The number of esters is 1. The number of carbonyl (C=O) groups excluding carboxylic acids is 2. The van der Waals surface area contributed by atoms with Gasteiger partial charge in [0.1, 0.15) is 17.4 Å². The molecule has 1 atom stereocenters. The van der Waals surface area contributed by atoms with E-state index in [2.05, 4.69) is 5.32 Å². The Labute approximate surface area is 185 Å². The molecule has 4 aromatic rings. The average Bonchev–Trinajstić information content (AvgIpc) is 3.25. The molecule has 1 aromatic heterocycles. The number of furan rings is 1. The van der Waals surface area contributed by atoms with Gasteiger partial charge in [-0.25, -0.2) is 9.59 Å². The Morgan fingerprint density at radius 2 is 1.62 bits per heavy atom. The molecular weight excluding hydrogens is 406 g/mol. The van der Waals surface area contributed by atoms with Crippen molar-refractivity contribution in [2.45, 2.75) is 19.1 Å². The zero-order valence-corrected chi connectivity index (χ0v) is 17.6. The Balaban J connectivity index is 1.39. The summed E-state index contributed by atoms with van der Waals surface area (Å²) in [5.41, 5.74) is 3.79. The highest BCUT2D eigenvalue weighted by atomic mass is 16.6. The molecule has 0 aliphatic heterocycles. The van der Waals surface area contributed by atoms with Gasteiger partial charge in [0.15, 0.2) is 6.61 Å². The lowest BCUT2D eigenvalue weighted by atomic mass is 10.0. The number of hydrogen-bond acceptors (Lipinski definition) is 5. The number of alkyl carbamates (subject to hydrolysis) is 1. The minimum atomic E-state index is -0.848. The van der Waals surface area contributed by atoms with E-state index in [0.29, 0.717) is 17.8 Å². The third kappa shape index (κ3) is 5.16. The summed E-state index contributed by atoms with van der Waals surface area (Å²) >= 11 is 0. The average molecular weight is 429 g/mol. The van der Waals surface area contributed by atoms with E-state index < -0.39 is 18.1 Å². The van der Waals surface area contributed by atoms with Gasteiger partial charge >= 0.3 is 12.1 Å².